The Morgan fingerprint density at radius 2 is 1.94 bits per heavy atom. The van der Waals surface area contributed by atoms with E-state index < -0.39 is 0 Å². The molecule has 1 fully saturated rings. The summed E-state index contributed by atoms with van der Waals surface area (Å²) >= 11 is 0. The second kappa shape index (κ2) is 10.4. The molecular formula is C23H33N5O3. The number of ether oxygens (including phenoxy) is 1. The molecule has 31 heavy (non-hydrogen) atoms. The van der Waals surface area contributed by atoms with Crippen molar-refractivity contribution in [3.63, 3.8) is 0 Å². The number of aromatic nitrogens is 2. The van der Waals surface area contributed by atoms with E-state index in [2.05, 4.69) is 39.6 Å². The number of nitrogens with one attached hydrogen (secondary N) is 3. The van der Waals surface area contributed by atoms with Crippen LogP contribution in [0.4, 0.5) is 0 Å². The van der Waals surface area contributed by atoms with Gasteiger partial charge in [0.25, 0.3) is 5.91 Å². The van der Waals surface area contributed by atoms with Crippen LogP contribution in [0.2, 0.25) is 0 Å². The van der Waals surface area contributed by atoms with Crippen LogP contribution in [0.3, 0.4) is 0 Å². The summed E-state index contributed by atoms with van der Waals surface area (Å²) in [4.78, 5) is 26.5. The first-order chi connectivity index (χ1) is 14.8. The fraction of sp³-hybridized carbons (Fsp3) is 0.522. The van der Waals surface area contributed by atoms with E-state index >= 15 is 0 Å². The molecule has 1 aliphatic rings. The molecule has 1 aromatic carbocycles. The highest BCUT2D eigenvalue weighted by Gasteiger charge is 2.29. The van der Waals surface area contributed by atoms with E-state index in [0.29, 0.717) is 49.7 Å². The first-order valence-corrected chi connectivity index (χ1v) is 10.9. The van der Waals surface area contributed by atoms with Crippen LogP contribution in [-0.2, 0) is 17.8 Å². The van der Waals surface area contributed by atoms with Gasteiger partial charge in [0.05, 0.1) is 13.2 Å². The van der Waals surface area contributed by atoms with Crippen LogP contribution in [-0.4, -0.2) is 59.7 Å². The number of carbonyl (C=O) groups excluding carboxylic acids is 2. The molecule has 0 saturated carbocycles. The number of rotatable bonds is 10. The number of carbonyl (C=O) groups is 2. The van der Waals surface area contributed by atoms with Crippen LogP contribution < -0.4 is 15.4 Å². The third-order valence-electron chi connectivity index (χ3n) is 5.42. The van der Waals surface area contributed by atoms with Gasteiger partial charge in [-0.25, -0.2) is 5.10 Å². The Kier molecular flexibility index (Phi) is 7.68. The van der Waals surface area contributed by atoms with Crippen molar-refractivity contribution < 1.29 is 14.3 Å². The minimum Gasteiger partial charge on any atom is -0.478 e. The van der Waals surface area contributed by atoms with E-state index in [0.717, 1.165) is 30.6 Å². The standard InChI is InChI=1S/C23H33N5O3/c1-4-31-21-13-19(26-27-21)22(30)24-11-9-17-5-7-18(8-6-17)14-25-20(29)15-28-12-10-23(2,3)16-28/h5-8,13H,4,9-12,14-16H2,1-3H3,(H,24,30)(H,25,29)(H,26,27). The minimum atomic E-state index is -0.233. The number of benzene rings is 1. The summed E-state index contributed by atoms with van der Waals surface area (Å²) in [5.41, 5.74) is 2.79. The topological polar surface area (TPSA) is 99.3 Å². The Morgan fingerprint density at radius 1 is 1.19 bits per heavy atom. The second-order valence-corrected chi connectivity index (χ2v) is 8.77. The lowest BCUT2D eigenvalue weighted by molar-refractivity contribution is -0.122. The van der Waals surface area contributed by atoms with E-state index in [1.54, 1.807) is 6.07 Å². The predicted molar refractivity (Wildman–Crippen MR) is 119 cm³/mol. The lowest BCUT2D eigenvalue weighted by Gasteiger charge is -2.19. The summed E-state index contributed by atoms with van der Waals surface area (Å²) < 4.78 is 5.27. The van der Waals surface area contributed by atoms with Gasteiger partial charge in [-0.3, -0.25) is 14.5 Å². The Bertz CT molecular complexity index is 876. The van der Waals surface area contributed by atoms with E-state index in [9.17, 15) is 9.59 Å². The summed E-state index contributed by atoms with van der Waals surface area (Å²) in [6.45, 7) is 10.3. The molecule has 3 N–H and O–H groups in total. The maximum absolute atomic E-state index is 12.2. The fourth-order valence-electron chi connectivity index (χ4n) is 3.70. The van der Waals surface area contributed by atoms with Crippen molar-refractivity contribution in [3.05, 3.63) is 47.2 Å². The molecule has 8 nitrogen and oxygen atoms in total. The van der Waals surface area contributed by atoms with E-state index in [1.165, 1.54) is 0 Å². The van der Waals surface area contributed by atoms with Crippen LogP contribution in [0, 0.1) is 5.41 Å². The van der Waals surface area contributed by atoms with Crippen molar-refractivity contribution in [3.8, 4) is 5.88 Å². The molecule has 2 aromatic rings. The highest BCUT2D eigenvalue weighted by Crippen LogP contribution is 2.28. The molecule has 0 unspecified atom stereocenters. The van der Waals surface area contributed by atoms with Gasteiger partial charge in [-0.2, -0.15) is 5.10 Å². The van der Waals surface area contributed by atoms with Gasteiger partial charge in [0, 0.05) is 25.7 Å². The van der Waals surface area contributed by atoms with Gasteiger partial charge in [-0.15, -0.1) is 0 Å². The summed E-state index contributed by atoms with van der Waals surface area (Å²) in [7, 11) is 0. The summed E-state index contributed by atoms with van der Waals surface area (Å²) in [5.74, 6) is 0.317. The summed E-state index contributed by atoms with van der Waals surface area (Å²) in [6, 6.07) is 9.67. The zero-order chi connectivity index (χ0) is 22.3. The lowest BCUT2D eigenvalue weighted by Crippen LogP contribution is -2.36. The first kappa shape index (κ1) is 22.8. The molecule has 2 amide bonds. The van der Waals surface area contributed by atoms with Crippen LogP contribution >= 0.6 is 0 Å². The zero-order valence-corrected chi connectivity index (χ0v) is 18.7. The van der Waals surface area contributed by atoms with Crippen LogP contribution in [0.1, 0.15) is 48.8 Å². The maximum atomic E-state index is 12.2. The van der Waals surface area contributed by atoms with E-state index in [1.807, 2.05) is 31.2 Å². The van der Waals surface area contributed by atoms with Crippen molar-refractivity contribution in [2.24, 2.45) is 5.41 Å². The third-order valence-corrected chi connectivity index (χ3v) is 5.42. The van der Waals surface area contributed by atoms with Crippen LogP contribution in [0.15, 0.2) is 30.3 Å². The molecule has 168 valence electrons. The average molecular weight is 428 g/mol. The van der Waals surface area contributed by atoms with E-state index in [-0.39, 0.29) is 11.8 Å². The third kappa shape index (κ3) is 7.10. The predicted octanol–water partition coefficient (Wildman–Crippen LogP) is 2.13. The molecule has 1 aromatic heterocycles. The van der Waals surface area contributed by atoms with Crippen LogP contribution in [0.25, 0.3) is 0 Å². The van der Waals surface area contributed by atoms with Crippen LogP contribution in [0.5, 0.6) is 5.88 Å². The highest BCUT2D eigenvalue weighted by molar-refractivity contribution is 5.92. The lowest BCUT2D eigenvalue weighted by atomic mass is 9.93. The zero-order valence-electron chi connectivity index (χ0n) is 18.7. The van der Waals surface area contributed by atoms with E-state index in [4.69, 9.17) is 4.74 Å². The second-order valence-electron chi connectivity index (χ2n) is 8.77. The smallest absolute Gasteiger partial charge is 0.271 e. The molecule has 8 heteroatoms. The Hall–Kier alpha value is -2.87. The molecule has 3 rings (SSSR count). The number of hydrogen-bond donors (Lipinski definition) is 3. The number of aromatic amines is 1. The number of amides is 2. The molecule has 0 bridgehead atoms. The fourth-order valence-corrected chi connectivity index (χ4v) is 3.70. The number of likely N-dealkylation sites (tertiary alicyclic amines) is 1. The first-order valence-electron chi connectivity index (χ1n) is 10.9. The molecule has 1 saturated heterocycles. The Labute approximate surface area is 183 Å². The summed E-state index contributed by atoms with van der Waals surface area (Å²) in [6.07, 6.45) is 1.85. The molecule has 2 heterocycles. The normalized spacial score (nSPS) is 15.6. The largest absolute Gasteiger partial charge is 0.478 e. The number of hydrogen-bond acceptors (Lipinski definition) is 5. The van der Waals surface area contributed by atoms with Crippen molar-refractivity contribution in [1.82, 2.24) is 25.7 Å². The molecule has 1 aliphatic heterocycles. The molecule has 0 radical (unpaired) electrons. The Balaban J connectivity index is 1.36. The monoisotopic (exact) mass is 427 g/mol. The van der Waals surface area contributed by atoms with Gasteiger partial charge in [0.1, 0.15) is 0 Å². The van der Waals surface area contributed by atoms with Gasteiger partial charge in [0.2, 0.25) is 11.8 Å². The van der Waals surface area contributed by atoms with Gasteiger partial charge in [0.15, 0.2) is 5.69 Å². The van der Waals surface area contributed by atoms with Crippen molar-refractivity contribution in [1.29, 1.82) is 0 Å². The Morgan fingerprint density at radius 3 is 2.61 bits per heavy atom. The SMILES string of the molecule is CCOc1cc(C(=O)NCCc2ccc(CNC(=O)CN3CCC(C)(C)C3)cc2)n[nH]1. The molecule has 0 spiro atoms. The van der Waals surface area contributed by atoms with Crippen molar-refractivity contribution in [2.75, 3.05) is 32.8 Å². The van der Waals surface area contributed by atoms with Gasteiger partial charge in [-0.05, 0) is 42.9 Å². The van der Waals surface area contributed by atoms with Gasteiger partial charge in [-0.1, -0.05) is 38.1 Å². The summed E-state index contributed by atoms with van der Waals surface area (Å²) in [5, 5.41) is 12.5. The van der Waals surface area contributed by atoms with Gasteiger partial charge >= 0.3 is 0 Å². The van der Waals surface area contributed by atoms with Gasteiger partial charge < -0.3 is 15.4 Å². The molecule has 0 aliphatic carbocycles. The van der Waals surface area contributed by atoms with Crippen molar-refractivity contribution in [2.45, 2.75) is 40.2 Å². The average Bonchev–Trinajstić information content (AvgIpc) is 3.33. The number of nitrogens with zero attached hydrogens (tertiary/aromatic N) is 2. The highest BCUT2D eigenvalue weighted by atomic mass is 16.5. The quantitative estimate of drug-likeness (QED) is 0.539. The molecule has 0 atom stereocenters. The van der Waals surface area contributed by atoms with Crippen molar-refractivity contribution >= 4 is 11.8 Å². The minimum absolute atomic E-state index is 0.0651. The molecular weight excluding hydrogens is 394 g/mol. The number of H-pyrrole nitrogens is 1. The maximum Gasteiger partial charge on any atom is 0.271 e.